The maximum absolute atomic E-state index is 13.1. The van der Waals surface area contributed by atoms with E-state index in [1.165, 1.54) is 6.07 Å². The number of alkyl halides is 3. The van der Waals surface area contributed by atoms with Gasteiger partial charge < -0.3 is 19.7 Å². The number of nitrogens with zero attached hydrogens (tertiary/aromatic N) is 1. The molecule has 2 aromatic carbocycles. The minimum Gasteiger partial charge on any atom is -0.499 e. The van der Waals surface area contributed by atoms with E-state index in [9.17, 15) is 22.8 Å². The summed E-state index contributed by atoms with van der Waals surface area (Å²) in [6, 6.07) is 8.48. The van der Waals surface area contributed by atoms with E-state index < -0.39 is 17.6 Å². The lowest BCUT2D eigenvalue weighted by Crippen LogP contribution is -2.44. The molecule has 2 amide bonds. The van der Waals surface area contributed by atoms with Crippen LogP contribution in [0.2, 0.25) is 0 Å². The lowest BCUT2D eigenvalue weighted by atomic mass is 10.1. The van der Waals surface area contributed by atoms with Crippen molar-refractivity contribution in [2.75, 3.05) is 25.1 Å². The molecule has 31 heavy (non-hydrogen) atoms. The molecule has 1 N–H and O–H groups in total. The van der Waals surface area contributed by atoms with Gasteiger partial charge >= 0.3 is 6.18 Å². The third-order valence-electron chi connectivity index (χ3n) is 5.12. The minimum absolute atomic E-state index is 0. The SMILES string of the molecule is O=C(Nc1ccc2c(c1)C(=O)N(C1CC=COC1)CCO2)c1ccc(C(F)(F)F)cc1.[HH]. The zero-order chi connectivity index (χ0) is 22.0. The monoisotopic (exact) mass is 434 g/mol. The first-order valence-corrected chi connectivity index (χ1v) is 9.66. The molecule has 2 heterocycles. The third-order valence-corrected chi connectivity index (χ3v) is 5.12. The largest absolute Gasteiger partial charge is 0.499 e. The van der Waals surface area contributed by atoms with Gasteiger partial charge in [-0.25, -0.2) is 0 Å². The van der Waals surface area contributed by atoms with Crippen LogP contribution >= 0.6 is 0 Å². The summed E-state index contributed by atoms with van der Waals surface area (Å²) in [7, 11) is 0. The summed E-state index contributed by atoms with van der Waals surface area (Å²) in [6.07, 6.45) is -0.338. The molecule has 0 bridgehead atoms. The number of ether oxygens (including phenoxy) is 2. The number of nitrogens with one attached hydrogen (secondary N) is 1. The molecular weight excluding hydrogens is 413 g/mol. The molecule has 0 spiro atoms. The van der Waals surface area contributed by atoms with Crippen molar-refractivity contribution in [3.05, 3.63) is 71.5 Å². The fourth-order valence-electron chi connectivity index (χ4n) is 3.51. The molecule has 2 aliphatic rings. The fraction of sp³-hybridized carbons (Fsp3) is 0.273. The van der Waals surface area contributed by atoms with E-state index in [4.69, 9.17) is 9.47 Å². The molecule has 0 aromatic heterocycles. The van der Waals surface area contributed by atoms with Gasteiger partial charge in [-0.05, 0) is 55.0 Å². The molecule has 4 rings (SSSR count). The summed E-state index contributed by atoms with van der Waals surface area (Å²) in [6.45, 7) is 1.13. The molecule has 2 aromatic rings. The van der Waals surface area contributed by atoms with Crippen molar-refractivity contribution >= 4 is 17.5 Å². The lowest BCUT2D eigenvalue weighted by Gasteiger charge is -2.30. The quantitative estimate of drug-likeness (QED) is 0.781. The second kappa shape index (κ2) is 8.33. The first kappa shape index (κ1) is 20.8. The number of hydrogen-bond acceptors (Lipinski definition) is 4. The second-order valence-corrected chi connectivity index (χ2v) is 7.18. The molecule has 0 aliphatic carbocycles. The van der Waals surface area contributed by atoms with Crippen LogP contribution in [0, 0.1) is 0 Å². The average molecular weight is 434 g/mol. The summed E-state index contributed by atoms with van der Waals surface area (Å²) in [5.74, 6) is -0.410. The number of rotatable bonds is 3. The third kappa shape index (κ3) is 4.50. The summed E-state index contributed by atoms with van der Waals surface area (Å²) < 4.78 is 49.1. The number of benzene rings is 2. The standard InChI is InChI=1S/C22H19F3N2O4.H2/c23-22(24,25)15-5-3-14(4-6-15)20(28)26-16-7-8-19-18(12-16)21(29)27(9-11-31-19)17-2-1-10-30-13-17;/h1,3-8,10,12,17H,2,9,11,13H2,(H,26,28);1H. The number of carbonyl (C=O) groups excluding carboxylic acids is 2. The van der Waals surface area contributed by atoms with Crippen molar-refractivity contribution in [3.8, 4) is 5.75 Å². The first-order chi connectivity index (χ1) is 14.8. The van der Waals surface area contributed by atoms with Crippen molar-refractivity contribution < 1.29 is 33.7 Å². The Balaban J connectivity index is 0.00000289. The predicted molar refractivity (Wildman–Crippen MR) is 108 cm³/mol. The van der Waals surface area contributed by atoms with E-state index in [0.717, 1.165) is 24.3 Å². The Morgan fingerprint density at radius 1 is 1.16 bits per heavy atom. The van der Waals surface area contributed by atoms with Crippen molar-refractivity contribution in [3.63, 3.8) is 0 Å². The highest BCUT2D eigenvalue weighted by atomic mass is 19.4. The van der Waals surface area contributed by atoms with E-state index >= 15 is 0 Å². The molecule has 9 heteroatoms. The van der Waals surface area contributed by atoms with Gasteiger partial charge in [0.05, 0.1) is 30.0 Å². The molecule has 0 radical (unpaired) electrons. The molecule has 2 aliphatic heterocycles. The Morgan fingerprint density at radius 3 is 2.61 bits per heavy atom. The Bertz CT molecular complexity index is 1020. The first-order valence-electron chi connectivity index (χ1n) is 9.66. The highest BCUT2D eigenvalue weighted by Crippen LogP contribution is 2.30. The summed E-state index contributed by atoms with van der Waals surface area (Å²) in [5.41, 5.74) is -0.128. The van der Waals surface area contributed by atoms with E-state index in [1.807, 2.05) is 6.08 Å². The van der Waals surface area contributed by atoms with E-state index in [-0.39, 0.29) is 18.9 Å². The van der Waals surface area contributed by atoms with Crippen LogP contribution in [0.25, 0.3) is 0 Å². The van der Waals surface area contributed by atoms with Gasteiger partial charge in [0.1, 0.15) is 19.0 Å². The summed E-state index contributed by atoms with van der Waals surface area (Å²) >= 11 is 0. The van der Waals surface area contributed by atoms with Crippen LogP contribution in [0.5, 0.6) is 5.75 Å². The molecular formula is C22H21F3N2O4. The van der Waals surface area contributed by atoms with Gasteiger partial charge in [0, 0.05) is 12.7 Å². The van der Waals surface area contributed by atoms with Gasteiger partial charge in [-0.15, -0.1) is 0 Å². The van der Waals surface area contributed by atoms with Crippen LogP contribution in [0.3, 0.4) is 0 Å². The van der Waals surface area contributed by atoms with E-state index in [1.54, 1.807) is 23.3 Å². The molecule has 0 fully saturated rings. The van der Waals surface area contributed by atoms with Crippen LogP contribution in [0.15, 0.2) is 54.8 Å². The molecule has 1 atom stereocenters. The zero-order valence-electron chi connectivity index (χ0n) is 16.3. The molecule has 0 saturated heterocycles. The number of carbonyl (C=O) groups is 2. The van der Waals surface area contributed by atoms with Crippen molar-refractivity contribution in [1.29, 1.82) is 0 Å². The Hall–Kier alpha value is -3.49. The predicted octanol–water partition coefficient (Wildman–Crippen LogP) is 4.34. The van der Waals surface area contributed by atoms with Gasteiger partial charge in [-0.3, -0.25) is 9.59 Å². The highest BCUT2D eigenvalue weighted by Gasteiger charge is 2.31. The Morgan fingerprint density at radius 2 is 1.94 bits per heavy atom. The minimum atomic E-state index is -4.47. The van der Waals surface area contributed by atoms with Crippen LogP contribution in [0.4, 0.5) is 18.9 Å². The van der Waals surface area contributed by atoms with Crippen LogP contribution in [-0.4, -0.2) is 42.5 Å². The topological polar surface area (TPSA) is 67.9 Å². The normalized spacial score (nSPS) is 18.5. The average Bonchev–Trinajstić information content (AvgIpc) is 2.92. The molecule has 1 unspecified atom stereocenters. The summed E-state index contributed by atoms with van der Waals surface area (Å²) in [5, 5.41) is 2.62. The van der Waals surface area contributed by atoms with Gasteiger partial charge in [-0.2, -0.15) is 13.2 Å². The molecule has 6 nitrogen and oxygen atoms in total. The smallest absolute Gasteiger partial charge is 0.416 e. The Labute approximate surface area is 177 Å². The van der Waals surface area contributed by atoms with E-state index in [2.05, 4.69) is 5.32 Å². The fourth-order valence-corrected chi connectivity index (χ4v) is 3.51. The van der Waals surface area contributed by atoms with Gasteiger partial charge in [0.25, 0.3) is 11.8 Å². The van der Waals surface area contributed by atoms with Crippen LogP contribution in [-0.2, 0) is 10.9 Å². The number of hydrogen-bond donors (Lipinski definition) is 1. The number of halogens is 3. The Kier molecular flexibility index (Phi) is 5.58. The van der Waals surface area contributed by atoms with Crippen molar-refractivity contribution in [2.45, 2.75) is 18.6 Å². The van der Waals surface area contributed by atoms with Crippen LogP contribution < -0.4 is 10.1 Å². The molecule has 164 valence electrons. The molecule has 0 saturated carbocycles. The lowest BCUT2D eigenvalue weighted by molar-refractivity contribution is -0.137. The summed E-state index contributed by atoms with van der Waals surface area (Å²) in [4.78, 5) is 27.3. The second-order valence-electron chi connectivity index (χ2n) is 7.18. The highest BCUT2D eigenvalue weighted by molar-refractivity contribution is 6.05. The van der Waals surface area contributed by atoms with Crippen molar-refractivity contribution in [1.82, 2.24) is 4.90 Å². The van der Waals surface area contributed by atoms with Crippen molar-refractivity contribution in [2.24, 2.45) is 0 Å². The van der Waals surface area contributed by atoms with Crippen LogP contribution in [0.1, 0.15) is 34.1 Å². The number of fused-ring (bicyclic) bond motifs is 1. The maximum atomic E-state index is 13.1. The number of anilines is 1. The van der Waals surface area contributed by atoms with E-state index in [0.29, 0.717) is 43.2 Å². The van der Waals surface area contributed by atoms with Gasteiger partial charge in [0.2, 0.25) is 0 Å². The zero-order valence-corrected chi connectivity index (χ0v) is 16.3. The van der Waals surface area contributed by atoms with Gasteiger partial charge in [0.15, 0.2) is 0 Å². The number of amides is 2. The maximum Gasteiger partial charge on any atom is 0.416 e. The van der Waals surface area contributed by atoms with Gasteiger partial charge in [-0.1, -0.05) is 0 Å².